The lowest BCUT2D eigenvalue weighted by Gasteiger charge is -2.01. The van der Waals surface area contributed by atoms with Crippen molar-refractivity contribution in [3.63, 3.8) is 0 Å². The van der Waals surface area contributed by atoms with Crippen molar-refractivity contribution >= 4 is 34.1 Å². The van der Waals surface area contributed by atoms with Crippen molar-refractivity contribution in [2.45, 2.75) is 18.2 Å². The highest BCUT2D eigenvalue weighted by Crippen LogP contribution is 2.33. The van der Waals surface area contributed by atoms with Crippen molar-refractivity contribution in [3.8, 4) is 6.07 Å². The monoisotopic (exact) mass is 219 g/mol. The van der Waals surface area contributed by atoms with Gasteiger partial charge in [0.1, 0.15) is 6.07 Å². The van der Waals surface area contributed by atoms with Gasteiger partial charge < -0.3 is 0 Å². The van der Waals surface area contributed by atoms with Crippen LogP contribution in [0, 0.1) is 11.3 Å². The van der Waals surface area contributed by atoms with Crippen LogP contribution in [0.4, 0.5) is 0 Å². The number of fused-ring (bicyclic) bond motifs is 1. The molecule has 0 bridgehead atoms. The number of aryl methyl sites for hydroxylation is 1. The Morgan fingerprint density at radius 3 is 2.93 bits per heavy atom. The van der Waals surface area contributed by atoms with E-state index in [4.69, 9.17) is 5.26 Å². The van der Waals surface area contributed by atoms with Crippen LogP contribution in [0.5, 0.6) is 0 Å². The minimum atomic E-state index is 0.776. The molecule has 70 valence electrons. The fourth-order valence-corrected chi connectivity index (χ4v) is 2.88. The van der Waals surface area contributed by atoms with E-state index in [1.54, 1.807) is 11.3 Å². The quantitative estimate of drug-likeness (QED) is 0.728. The van der Waals surface area contributed by atoms with Gasteiger partial charge >= 0.3 is 0 Å². The molecule has 3 heteroatoms. The molecule has 0 aliphatic rings. The van der Waals surface area contributed by atoms with Crippen molar-refractivity contribution in [3.05, 3.63) is 28.6 Å². The predicted molar refractivity (Wildman–Crippen MR) is 63.2 cm³/mol. The summed E-state index contributed by atoms with van der Waals surface area (Å²) < 4.78 is 1.13. The van der Waals surface area contributed by atoms with E-state index in [1.165, 1.54) is 5.56 Å². The predicted octanol–water partition coefficient (Wildman–Crippen LogP) is 3.62. The van der Waals surface area contributed by atoms with Gasteiger partial charge in [-0.3, -0.25) is 0 Å². The smallest absolute Gasteiger partial charge is 0.101 e. The summed E-state index contributed by atoms with van der Waals surface area (Å²) >= 11 is 5.99. The van der Waals surface area contributed by atoms with Crippen LogP contribution in [0.2, 0.25) is 0 Å². The zero-order chi connectivity index (χ0) is 10.1. The number of nitrogens with zero attached hydrogens (tertiary/aromatic N) is 1. The maximum Gasteiger partial charge on any atom is 0.101 e. The average Bonchev–Trinajstić information content (AvgIpc) is 2.63. The highest BCUT2D eigenvalue weighted by Gasteiger charge is 2.09. The molecule has 0 unspecified atom stereocenters. The summed E-state index contributed by atoms with van der Waals surface area (Å²) in [4.78, 5) is 0.962. The normalized spacial score (nSPS) is 10.4. The fourth-order valence-electron chi connectivity index (χ4n) is 1.58. The first-order valence-electron chi connectivity index (χ1n) is 4.40. The SMILES string of the molecule is CCc1ccc(S)c2scc(C#N)c12. The molecular formula is C11H9NS2. The molecule has 1 nitrogen and oxygen atoms in total. The Kier molecular flexibility index (Phi) is 2.49. The summed E-state index contributed by atoms with van der Waals surface area (Å²) in [5.74, 6) is 0. The first-order valence-corrected chi connectivity index (χ1v) is 5.72. The van der Waals surface area contributed by atoms with Gasteiger partial charge in [-0.25, -0.2) is 0 Å². The molecule has 1 aromatic heterocycles. The third kappa shape index (κ3) is 1.31. The Balaban J connectivity index is 2.90. The number of nitriles is 1. The van der Waals surface area contributed by atoms with Crippen LogP contribution in [-0.2, 0) is 6.42 Å². The maximum absolute atomic E-state index is 8.97. The number of benzene rings is 1. The van der Waals surface area contributed by atoms with Gasteiger partial charge in [-0.1, -0.05) is 13.0 Å². The van der Waals surface area contributed by atoms with Gasteiger partial charge in [-0.2, -0.15) is 5.26 Å². The van der Waals surface area contributed by atoms with Crippen molar-refractivity contribution in [2.75, 3.05) is 0 Å². The lowest BCUT2D eigenvalue weighted by molar-refractivity contribution is 1.16. The number of hydrogen-bond donors (Lipinski definition) is 1. The van der Waals surface area contributed by atoms with Gasteiger partial charge in [0.15, 0.2) is 0 Å². The van der Waals surface area contributed by atoms with Gasteiger partial charge in [0, 0.05) is 20.4 Å². The largest absolute Gasteiger partial charge is 0.192 e. The topological polar surface area (TPSA) is 23.8 Å². The summed E-state index contributed by atoms with van der Waals surface area (Å²) in [5.41, 5.74) is 2.01. The Hall–Kier alpha value is -0.980. The van der Waals surface area contributed by atoms with Gasteiger partial charge in [0.05, 0.1) is 5.56 Å². The van der Waals surface area contributed by atoms with E-state index in [0.717, 1.165) is 27.0 Å². The summed E-state index contributed by atoms with van der Waals surface area (Å²) in [6.45, 7) is 2.10. The number of thiol groups is 1. The average molecular weight is 219 g/mol. The summed E-state index contributed by atoms with van der Waals surface area (Å²) in [5, 5.41) is 12.0. The van der Waals surface area contributed by atoms with E-state index in [2.05, 4.69) is 31.7 Å². The van der Waals surface area contributed by atoms with Crippen molar-refractivity contribution in [2.24, 2.45) is 0 Å². The molecule has 0 radical (unpaired) electrons. The molecule has 0 amide bonds. The lowest BCUT2D eigenvalue weighted by atomic mass is 10.1. The van der Waals surface area contributed by atoms with E-state index in [-0.39, 0.29) is 0 Å². The molecule has 14 heavy (non-hydrogen) atoms. The van der Waals surface area contributed by atoms with E-state index in [0.29, 0.717) is 0 Å². The number of rotatable bonds is 1. The first kappa shape index (κ1) is 9.57. The maximum atomic E-state index is 8.97. The molecule has 0 N–H and O–H groups in total. The highest BCUT2D eigenvalue weighted by atomic mass is 32.1. The second kappa shape index (κ2) is 3.64. The standard InChI is InChI=1S/C11H9NS2/c1-2-7-3-4-9(13)11-10(7)8(5-12)6-14-11/h3-4,6,13H,2H2,1H3. The van der Waals surface area contributed by atoms with E-state index in [9.17, 15) is 0 Å². The first-order chi connectivity index (χ1) is 6.77. The van der Waals surface area contributed by atoms with E-state index in [1.807, 2.05) is 11.4 Å². The second-order valence-electron chi connectivity index (χ2n) is 3.06. The Labute approximate surface area is 92.4 Å². The van der Waals surface area contributed by atoms with Crippen molar-refractivity contribution in [1.29, 1.82) is 5.26 Å². The molecule has 1 heterocycles. The van der Waals surface area contributed by atoms with Gasteiger partial charge in [0.2, 0.25) is 0 Å². The third-order valence-corrected chi connectivity index (χ3v) is 3.83. The summed E-state index contributed by atoms with van der Waals surface area (Å²) in [6.07, 6.45) is 0.954. The van der Waals surface area contributed by atoms with Crippen LogP contribution in [0.15, 0.2) is 22.4 Å². The molecule has 1 aromatic carbocycles. The minimum absolute atomic E-state index is 0.776. The highest BCUT2D eigenvalue weighted by molar-refractivity contribution is 7.80. The number of thiophene rings is 1. The molecule has 0 atom stereocenters. The Morgan fingerprint density at radius 1 is 1.50 bits per heavy atom. The molecule has 0 fully saturated rings. The van der Waals surface area contributed by atoms with Crippen LogP contribution in [-0.4, -0.2) is 0 Å². The summed E-state index contributed by atoms with van der Waals surface area (Å²) in [7, 11) is 0. The van der Waals surface area contributed by atoms with Gasteiger partial charge in [-0.15, -0.1) is 24.0 Å². The van der Waals surface area contributed by atoms with Crippen molar-refractivity contribution < 1.29 is 0 Å². The van der Waals surface area contributed by atoms with Crippen LogP contribution in [0.3, 0.4) is 0 Å². The molecule has 0 aliphatic carbocycles. The Bertz CT molecular complexity index is 520. The van der Waals surface area contributed by atoms with Crippen LogP contribution in [0.1, 0.15) is 18.1 Å². The second-order valence-corrected chi connectivity index (χ2v) is 4.42. The zero-order valence-electron chi connectivity index (χ0n) is 7.74. The molecule has 0 saturated heterocycles. The van der Waals surface area contributed by atoms with Crippen LogP contribution < -0.4 is 0 Å². The van der Waals surface area contributed by atoms with Gasteiger partial charge in [0.25, 0.3) is 0 Å². The number of hydrogen-bond acceptors (Lipinski definition) is 3. The van der Waals surface area contributed by atoms with Crippen LogP contribution in [0.25, 0.3) is 10.1 Å². The molecule has 0 aliphatic heterocycles. The zero-order valence-corrected chi connectivity index (χ0v) is 9.45. The molecule has 2 rings (SSSR count). The van der Waals surface area contributed by atoms with Crippen LogP contribution >= 0.6 is 24.0 Å². The summed E-state index contributed by atoms with van der Waals surface area (Å²) in [6, 6.07) is 6.28. The van der Waals surface area contributed by atoms with E-state index < -0.39 is 0 Å². The lowest BCUT2D eigenvalue weighted by Crippen LogP contribution is -1.83. The molecule has 2 aromatic rings. The molecule has 0 saturated carbocycles. The van der Waals surface area contributed by atoms with Gasteiger partial charge in [-0.05, 0) is 18.1 Å². The minimum Gasteiger partial charge on any atom is -0.192 e. The molecular weight excluding hydrogens is 210 g/mol. The van der Waals surface area contributed by atoms with Crippen molar-refractivity contribution in [1.82, 2.24) is 0 Å². The third-order valence-electron chi connectivity index (χ3n) is 2.29. The Morgan fingerprint density at radius 2 is 2.29 bits per heavy atom. The van der Waals surface area contributed by atoms with E-state index >= 15 is 0 Å². The fraction of sp³-hybridized carbons (Fsp3) is 0.182. The molecule has 0 spiro atoms.